The number of nitrogens with zero attached hydrogens (tertiary/aromatic N) is 1. The Morgan fingerprint density at radius 3 is 2.86 bits per heavy atom. The second-order valence-corrected chi connectivity index (χ2v) is 6.76. The summed E-state index contributed by atoms with van der Waals surface area (Å²) in [7, 11) is 0. The highest BCUT2D eigenvalue weighted by Crippen LogP contribution is 2.24. The van der Waals surface area contributed by atoms with Gasteiger partial charge in [-0.3, -0.25) is 9.69 Å². The van der Waals surface area contributed by atoms with Crippen molar-refractivity contribution >= 4 is 42.1 Å². The van der Waals surface area contributed by atoms with Gasteiger partial charge in [0.25, 0.3) is 0 Å². The molecule has 3 N–H and O–H groups in total. The highest BCUT2D eigenvalue weighted by atomic mass is 35.5. The summed E-state index contributed by atoms with van der Waals surface area (Å²) in [5.74, 6) is 0.113. The molecular formula is C15H27Cl2N3OS. The molecule has 1 aromatic heterocycles. The zero-order valence-electron chi connectivity index (χ0n) is 13.2. The molecular weight excluding hydrogens is 341 g/mol. The Balaban J connectivity index is 0.00000220. The minimum atomic E-state index is 0. The molecule has 0 saturated heterocycles. The lowest BCUT2D eigenvalue weighted by Crippen LogP contribution is -2.44. The molecule has 0 bridgehead atoms. The summed E-state index contributed by atoms with van der Waals surface area (Å²) in [6.07, 6.45) is 2.41. The van der Waals surface area contributed by atoms with Crippen molar-refractivity contribution in [2.75, 3.05) is 13.1 Å². The van der Waals surface area contributed by atoms with Crippen molar-refractivity contribution < 1.29 is 4.79 Å². The molecule has 2 rings (SSSR count). The molecule has 1 aliphatic heterocycles. The van der Waals surface area contributed by atoms with Gasteiger partial charge in [0.15, 0.2) is 0 Å². The third kappa shape index (κ3) is 6.42. The van der Waals surface area contributed by atoms with Crippen molar-refractivity contribution in [1.29, 1.82) is 0 Å². The van der Waals surface area contributed by atoms with E-state index >= 15 is 0 Å². The van der Waals surface area contributed by atoms with E-state index < -0.39 is 0 Å². The second kappa shape index (κ2) is 10.4. The van der Waals surface area contributed by atoms with Crippen LogP contribution in [0.1, 0.15) is 37.1 Å². The number of carbonyl (C=O) groups excluding carboxylic acids is 1. The molecule has 7 heteroatoms. The van der Waals surface area contributed by atoms with Crippen molar-refractivity contribution in [1.82, 2.24) is 10.2 Å². The first-order valence-electron chi connectivity index (χ1n) is 7.38. The maximum atomic E-state index is 11.7. The lowest BCUT2D eigenvalue weighted by molar-refractivity contribution is -0.121. The summed E-state index contributed by atoms with van der Waals surface area (Å²) in [6.45, 7) is 6.93. The molecule has 128 valence electrons. The molecule has 2 unspecified atom stereocenters. The molecule has 0 fully saturated rings. The monoisotopic (exact) mass is 367 g/mol. The van der Waals surface area contributed by atoms with Gasteiger partial charge in [-0.1, -0.05) is 0 Å². The lowest BCUT2D eigenvalue weighted by atomic mass is 10.1. The number of thiophene rings is 1. The molecule has 2 atom stereocenters. The molecule has 0 radical (unpaired) electrons. The maximum Gasteiger partial charge on any atom is 0.220 e. The standard InChI is InChI=1S/C15H25N3OS.2ClH/c1-11(16)3-4-15(19)17-9-12(2)18-7-5-14-13(10-18)6-8-20-14;;/h6,8,11-12H,3-5,7,9-10,16H2,1-2H3,(H,17,19);2*1H. The van der Waals surface area contributed by atoms with Crippen molar-refractivity contribution in [3.05, 3.63) is 21.9 Å². The first-order valence-corrected chi connectivity index (χ1v) is 8.26. The van der Waals surface area contributed by atoms with Gasteiger partial charge in [-0.15, -0.1) is 36.2 Å². The maximum absolute atomic E-state index is 11.7. The summed E-state index contributed by atoms with van der Waals surface area (Å²) >= 11 is 1.86. The van der Waals surface area contributed by atoms with E-state index in [4.69, 9.17) is 5.73 Å². The van der Waals surface area contributed by atoms with E-state index in [-0.39, 0.29) is 36.8 Å². The van der Waals surface area contributed by atoms with Crippen LogP contribution in [0.25, 0.3) is 0 Å². The van der Waals surface area contributed by atoms with Gasteiger partial charge in [0.05, 0.1) is 0 Å². The number of hydrogen-bond acceptors (Lipinski definition) is 4. The first kappa shape index (κ1) is 21.7. The molecule has 22 heavy (non-hydrogen) atoms. The van der Waals surface area contributed by atoms with Crippen LogP contribution in [0.15, 0.2) is 11.4 Å². The van der Waals surface area contributed by atoms with Crippen molar-refractivity contribution in [3.8, 4) is 0 Å². The van der Waals surface area contributed by atoms with Crippen LogP contribution in [0.3, 0.4) is 0 Å². The number of fused-ring (bicyclic) bond motifs is 1. The zero-order valence-corrected chi connectivity index (χ0v) is 15.7. The van der Waals surface area contributed by atoms with E-state index in [9.17, 15) is 4.79 Å². The third-order valence-corrected chi connectivity index (χ3v) is 4.90. The van der Waals surface area contributed by atoms with Crippen LogP contribution in [0.4, 0.5) is 0 Å². The molecule has 0 spiro atoms. The van der Waals surface area contributed by atoms with Crippen LogP contribution in [-0.4, -0.2) is 36.0 Å². The fourth-order valence-electron chi connectivity index (χ4n) is 2.48. The number of hydrogen-bond donors (Lipinski definition) is 2. The first-order chi connectivity index (χ1) is 9.56. The third-order valence-electron chi connectivity index (χ3n) is 3.88. The van der Waals surface area contributed by atoms with Gasteiger partial charge >= 0.3 is 0 Å². The Hall–Kier alpha value is -0.330. The minimum Gasteiger partial charge on any atom is -0.355 e. The zero-order chi connectivity index (χ0) is 14.5. The van der Waals surface area contributed by atoms with Crippen LogP contribution < -0.4 is 11.1 Å². The van der Waals surface area contributed by atoms with E-state index in [1.807, 2.05) is 18.3 Å². The second-order valence-electron chi connectivity index (χ2n) is 5.76. The van der Waals surface area contributed by atoms with Crippen molar-refractivity contribution in [2.45, 2.75) is 51.7 Å². The van der Waals surface area contributed by atoms with E-state index in [0.29, 0.717) is 12.5 Å². The highest BCUT2D eigenvalue weighted by molar-refractivity contribution is 7.10. The Kier molecular flexibility index (Phi) is 10.3. The Morgan fingerprint density at radius 1 is 1.45 bits per heavy atom. The average Bonchev–Trinajstić information content (AvgIpc) is 2.89. The average molecular weight is 368 g/mol. The van der Waals surface area contributed by atoms with E-state index in [2.05, 4.69) is 28.6 Å². The number of amides is 1. The summed E-state index contributed by atoms with van der Waals surface area (Å²) < 4.78 is 0. The molecule has 2 heterocycles. The predicted octanol–water partition coefficient (Wildman–Crippen LogP) is 2.58. The lowest BCUT2D eigenvalue weighted by Gasteiger charge is -2.32. The summed E-state index contributed by atoms with van der Waals surface area (Å²) in [5, 5.41) is 5.19. The number of nitrogens with one attached hydrogen (secondary N) is 1. The Bertz CT molecular complexity index is 454. The van der Waals surface area contributed by atoms with E-state index in [1.54, 1.807) is 0 Å². The van der Waals surface area contributed by atoms with Gasteiger partial charge in [-0.2, -0.15) is 0 Å². The van der Waals surface area contributed by atoms with Crippen LogP contribution >= 0.6 is 36.2 Å². The van der Waals surface area contributed by atoms with Gasteiger partial charge in [-0.25, -0.2) is 0 Å². The fourth-order valence-corrected chi connectivity index (χ4v) is 3.37. The molecule has 1 aromatic rings. The van der Waals surface area contributed by atoms with Crippen LogP contribution in [0, 0.1) is 0 Å². The van der Waals surface area contributed by atoms with Gasteiger partial charge < -0.3 is 11.1 Å². The largest absolute Gasteiger partial charge is 0.355 e. The van der Waals surface area contributed by atoms with Gasteiger partial charge in [0, 0.05) is 43.0 Å². The number of rotatable bonds is 6. The molecule has 0 saturated carbocycles. The quantitative estimate of drug-likeness (QED) is 0.812. The Morgan fingerprint density at radius 2 is 2.18 bits per heavy atom. The van der Waals surface area contributed by atoms with E-state index in [1.165, 1.54) is 10.4 Å². The smallest absolute Gasteiger partial charge is 0.220 e. The van der Waals surface area contributed by atoms with E-state index in [0.717, 1.165) is 32.5 Å². The van der Waals surface area contributed by atoms with Crippen LogP contribution in [-0.2, 0) is 17.8 Å². The van der Waals surface area contributed by atoms with Crippen molar-refractivity contribution in [2.24, 2.45) is 5.73 Å². The van der Waals surface area contributed by atoms with Crippen LogP contribution in [0.2, 0.25) is 0 Å². The summed E-state index contributed by atoms with van der Waals surface area (Å²) in [5.41, 5.74) is 7.12. The molecule has 1 amide bonds. The van der Waals surface area contributed by atoms with Crippen LogP contribution in [0.5, 0.6) is 0 Å². The Labute approximate surface area is 149 Å². The highest BCUT2D eigenvalue weighted by Gasteiger charge is 2.21. The normalized spacial score (nSPS) is 16.7. The summed E-state index contributed by atoms with van der Waals surface area (Å²) in [6, 6.07) is 2.69. The summed E-state index contributed by atoms with van der Waals surface area (Å²) in [4.78, 5) is 15.7. The predicted molar refractivity (Wildman–Crippen MR) is 98.3 cm³/mol. The minimum absolute atomic E-state index is 0. The van der Waals surface area contributed by atoms with Gasteiger partial charge in [-0.05, 0) is 43.7 Å². The number of nitrogens with two attached hydrogens (primary N) is 1. The number of carbonyl (C=O) groups is 1. The molecule has 0 aliphatic carbocycles. The SMILES string of the molecule is CC(N)CCC(=O)NCC(C)N1CCc2sccc2C1.Cl.Cl. The molecule has 1 aliphatic rings. The number of halogens is 2. The van der Waals surface area contributed by atoms with Gasteiger partial charge in [0.1, 0.15) is 0 Å². The topological polar surface area (TPSA) is 58.4 Å². The molecule has 0 aromatic carbocycles. The van der Waals surface area contributed by atoms with Gasteiger partial charge in [0.2, 0.25) is 5.91 Å². The fraction of sp³-hybridized carbons (Fsp3) is 0.667. The molecule has 4 nitrogen and oxygen atoms in total. The van der Waals surface area contributed by atoms with Crippen molar-refractivity contribution in [3.63, 3.8) is 0 Å².